The summed E-state index contributed by atoms with van der Waals surface area (Å²) in [5.74, 6) is -0.928. The molecule has 0 saturated carbocycles. The summed E-state index contributed by atoms with van der Waals surface area (Å²) < 4.78 is 8.82. The molecule has 1 heterocycles. The zero-order chi connectivity index (χ0) is 10.9. The molecule has 3 unspecified atom stereocenters. The van der Waals surface area contributed by atoms with Gasteiger partial charge in [0.2, 0.25) is 0 Å². The average Bonchev–Trinajstić information content (AvgIpc) is 2.19. The number of aliphatic hydroxyl groups is 4. The second-order valence-electron chi connectivity index (χ2n) is 2.94. The second kappa shape index (κ2) is 4.20. The minimum absolute atomic E-state index is 0.928. The number of methoxy groups -OCH3 is 1. The second-order valence-corrected chi connectivity index (χ2v) is 2.94. The van der Waals surface area contributed by atoms with Crippen molar-refractivity contribution in [2.45, 2.75) is 30.7 Å². The Morgan fingerprint density at radius 3 is 2.21 bits per heavy atom. The highest BCUT2D eigenvalue weighted by Crippen LogP contribution is 2.20. The molecule has 0 amide bonds. The number of ether oxygens (including phenoxy) is 2. The molecular weight excluding hydrogens is 196 g/mol. The molecule has 7 nitrogen and oxygen atoms in total. The smallest absolute Gasteiger partial charge is 0.337 e. The van der Waals surface area contributed by atoms with Gasteiger partial charge in [-0.2, -0.15) is 0 Å². The summed E-state index contributed by atoms with van der Waals surface area (Å²) in [5, 5.41) is 36.5. The highest BCUT2D eigenvalue weighted by molar-refractivity contribution is 5.75. The van der Waals surface area contributed by atoms with Crippen LogP contribution >= 0.6 is 0 Å². The maximum Gasteiger partial charge on any atom is 0.337 e. The average molecular weight is 208 g/mol. The molecule has 1 rings (SSSR count). The summed E-state index contributed by atoms with van der Waals surface area (Å²) in [4.78, 5) is 11.0. The fraction of sp³-hybridized carbons (Fsp3) is 0.857. The Morgan fingerprint density at radius 2 is 1.71 bits per heavy atom. The van der Waals surface area contributed by atoms with Gasteiger partial charge in [0.25, 0.3) is 0 Å². The van der Waals surface area contributed by atoms with Gasteiger partial charge in [-0.3, -0.25) is 0 Å². The molecule has 5 atom stereocenters. The van der Waals surface area contributed by atoms with Crippen LogP contribution in [0.4, 0.5) is 0 Å². The quantitative estimate of drug-likeness (QED) is 0.338. The molecule has 0 radical (unpaired) electrons. The summed E-state index contributed by atoms with van der Waals surface area (Å²) in [5.41, 5.74) is 0. The molecule has 0 aromatic heterocycles. The summed E-state index contributed by atoms with van der Waals surface area (Å²) in [6.07, 6.45) is -8.14. The number of esters is 1. The van der Waals surface area contributed by atoms with E-state index >= 15 is 0 Å². The molecule has 0 spiro atoms. The van der Waals surface area contributed by atoms with Crippen molar-refractivity contribution in [1.29, 1.82) is 0 Å². The van der Waals surface area contributed by atoms with Crippen molar-refractivity contribution in [3.8, 4) is 0 Å². The number of hydrogen-bond acceptors (Lipinski definition) is 7. The summed E-state index contributed by atoms with van der Waals surface area (Å²) in [6.45, 7) is 0. The van der Waals surface area contributed by atoms with Crippen LogP contribution in [0.5, 0.6) is 0 Å². The molecule has 4 N–H and O–H groups in total. The van der Waals surface area contributed by atoms with E-state index in [2.05, 4.69) is 9.47 Å². The van der Waals surface area contributed by atoms with Gasteiger partial charge in [0, 0.05) is 0 Å². The summed E-state index contributed by atoms with van der Waals surface area (Å²) in [7, 11) is 1.07. The van der Waals surface area contributed by atoms with E-state index in [9.17, 15) is 15.0 Å². The third-order valence-electron chi connectivity index (χ3n) is 2.02. The molecule has 1 aliphatic rings. The van der Waals surface area contributed by atoms with Crippen molar-refractivity contribution in [3.05, 3.63) is 0 Å². The zero-order valence-electron chi connectivity index (χ0n) is 7.40. The molecule has 0 aromatic carbocycles. The lowest BCUT2D eigenvalue weighted by atomic mass is 9.99. The van der Waals surface area contributed by atoms with Crippen molar-refractivity contribution in [3.63, 3.8) is 0 Å². The molecule has 0 aromatic rings. The summed E-state index contributed by atoms with van der Waals surface area (Å²) in [6, 6.07) is 0. The molecule has 0 aliphatic carbocycles. The van der Waals surface area contributed by atoms with E-state index in [-0.39, 0.29) is 0 Å². The van der Waals surface area contributed by atoms with E-state index < -0.39 is 36.7 Å². The molecule has 1 fully saturated rings. The van der Waals surface area contributed by atoms with Gasteiger partial charge in [-0.1, -0.05) is 0 Å². The number of carbonyl (C=O) groups excluding carboxylic acids is 1. The fourth-order valence-corrected chi connectivity index (χ4v) is 1.17. The van der Waals surface area contributed by atoms with E-state index in [0.29, 0.717) is 0 Å². The largest absolute Gasteiger partial charge is 0.467 e. The lowest BCUT2D eigenvalue weighted by Gasteiger charge is -2.36. The zero-order valence-corrected chi connectivity index (χ0v) is 7.40. The van der Waals surface area contributed by atoms with Crippen LogP contribution in [0.3, 0.4) is 0 Å². The first-order chi connectivity index (χ1) is 6.49. The third-order valence-corrected chi connectivity index (χ3v) is 2.02. The Balaban J connectivity index is 2.75. The SMILES string of the molecule is COC(=O)C1OC(O)C(O)[C@@H](O)[C@H]1O. The predicted octanol–water partition coefficient (Wildman–Crippen LogP) is -3.04. The first-order valence-corrected chi connectivity index (χ1v) is 3.94. The normalized spacial score (nSPS) is 43.4. The first kappa shape index (κ1) is 11.3. The molecule has 1 aliphatic heterocycles. The van der Waals surface area contributed by atoms with Crippen LogP contribution in [0.25, 0.3) is 0 Å². The van der Waals surface area contributed by atoms with Crippen molar-refractivity contribution < 1.29 is 34.7 Å². The van der Waals surface area contributed by atoms with Gasteiger partial charge in [0.15, 0.2) is 12.4 Å². The number of aliphatic hydroxyl groups excluding tert-OH is 4. The van der Waals surface area contributed by atoms with Crippen molar-refractivity contribution in [1.82, 2.24) is 0 Å². The number of carbonyl (C=O) groups is 1. The van der Waals surface area contributed by atoms with E-state index in [0.717, 1.165) is 7.11 Å². The monoisotopic (exact) mass is 208 g/mol. The van der Waals surface area contributed by atoms with Gasteiger partial charge in [-0.25, -0.2) is 4.79 Å². The molecule has 82 valence electrons. The highest BCUT2D eigenvalue weighted by Gasteiger charge is 2.46. The van der Waals surface area contributed by atoms with Gasteiger partial charge in [-0.05, 0) is 0 Å². The molecule has 7 heteroatoms. The Labute approximate surface area is 79.5 Å². The van der Waals surface area contributed by atoms with Crippen LogP contribution in [0.15, 0.2) is 0 Å². The minimum atomic E-state index is -1.72. The fourth-order valence-electron chi connectivity index (χ4n) is 1.17. The number of rotatable bonds is 1. The van der Waals surface area contributed by atoms with E-state index in [1.165, 1.54) is 0 Å². The summed E-state index contributed by atoms with van der Waals surface area (Å²) >= 11 is 0. The molecule has 14 heavy (non-hydrogen) atoms. The van der Waals surface area contributed by atoms with Crippen molar-refractivity contribution in [2.24, 2.45) is 0 Å². The maximum absolute atomic E-state index is 11.0. The van der Waals surface area contributed by atoms with Crippen LogP contribution in [0, 0.1) is 0 Å². The Morgan fingerprint density at radius 1 is 1.14 bits per heavy atom. The topological polar surface area (TPSA) is 116 Å². The van der Waals surface area contributed by atoms with Gasteiger partial charge in [0.05, 0.1) is 7.11 Å². The highest BCUT2D eigenvalue weighted by atomic mass is 16.7. The van der Waals surface area contributed by atoms with Gasteiger partial charge >= 0.3 is 5.97 Å². The van der Waals surface area contributed by atoms with Crippen molar-refractivity contribution >= 4 is 5.97 Å². The van der Waals surface area contributed by atoms with Gasteiger partial charge in [-0.15, -0.1) is 0 Å². The minimum Gasteiger partial charge on any atom is -0.467 e. The van der Waals surface area contributed by atoms with Crippen LogP contribution in [-0.2, 0) is 14.3 Å². The Hall–Kier alpha value is -0.730. The maximum atomic E-state index is 11.0. The third kappa shape index (κ3) is 1.86. The van der Waals surface area contributed by atoms with Crippen LogP contribution in [0.2, 0.25) is 0 Å². The first-order valence-electron chi connectivity index (χ1n) is 3.94. The lowest BCUT2D eigenvalue weighted by Crippen LogP contribution is -2.59. The van der Waals surface area contributed by atoms with Crippen molar-refractivity contribution in [2.75, 3.05) is 7.11 Å². The lowest BCUT2D eigenvalue weighted by molar-refractivity contribution is -0.280. The number of hydrogen-bond donors (Lipinski definition) is 4. The Bertz CT molecular complexity index is 218. The van der Waals surface area contributed by atoms with Crippen LogP contribution in [0.1, 0.15) is 0 Å². The standard InChI is InChI=1S/C7H12O7/c1-13-7(12)5-3(9)2(8)4(10)6(11)14-5/h2-6,8-11H,1H3/t2-,3+,4?,5?,6?/m0/s1. The Kier molecular flexibility index (Phi) is 3.40. The van der Waals surface area contributed by atoms with E-state index in [4.69, 9.17) is 10.2 Å². The van der Waals surface area contributed by atoms with E-state index in [1.807, 2.05) is 0 Å². The van der Waals surface area contributed by atoms with Crippen LogP contribution < -0.4 is 0 Å². The van der Waals surface area contributed by atoms with Gasteiger partial charge in [0.1, 0.15) is 18.3 Å². The van der Waals surface area contributed by atoms with Crippen LogP contribution in [-0.4, -0.2) is 64.2 Å². The molecular formula is C7H12O7. The van der Waals surface area contributed by atoms with E-state index in [1.54, 1.807) is 0 Å². The van der Waals surface area contributed by atoms with Gasteiger partial charge < -0.3 is 29.9 Å². The predicted molar refractivity (Wildman–Crippen MR) is 40.9 cm³/mol. The molecule has 1 saturated heterocycles. The molecule has 0 bridgehead atoms.